The van der Waals surface area contributed by atoms with E-state index in [4.69, 9.17) is 0 Å². The lowest BCUT2D eigenvalue weighted by molar-refractivity contribution is 0.628. The first-order valence-electron chi connectivity index (χ1n) is 8.03. The molecule has 0 radical (unpaired) electrons. The lowest BCUT2D eigenvalue weighted by Crippen LogP contribution is -1.96. The second-order valence-electron chi connectivity index (χ2n) is 5.94. The van der Waals surface area contributed by atoms with Gasteiger partial charge in [0.25, 0.3) is 0 Å². The average Bonchev–Trinajstić information content (AvgIpc) is 2.64. The summed E-state index contributed by atoms with van der Waals surface area (Å²) in [5.41, 5.74) is 4.01. The molecule has 0 unspecified atom stereocenters. The number of nitrogens with one attached hydrogen (secondary N) is 1. The predicted molar refractivity (Wildman–Crippen MR) is 99.4 cm³/mol. The van der Waals surface area contributed by atoms with Gasteiger partial charge in [0.1, 0.15) is 11.6 Å². The van der Waals surface area contributed by atoms with Crippen molar-refractivity contribution in [3.05, 3.63) is 84.6 Å². The zero-order valence-corrected chi connectivity index (χ0v) is 13.7. The molecule has 2 heterocycles. The van der Waals surface area contributed by atoms with Gasteiger partial charge in [0.2, 0.25) is 0 Å². The SMILES string of the molecule is Cc1ccc2c(-c3cccnc3)cnc(Nc3ccc(F)cc3)c2c1. The van der Waals surface area contributed by atoms with Crippen LogP contribution in [0.1, 0.15) is 5.56 Å². The highest BCUT2D eigenvalue weighted by atomic mass is 19.1. The van der Waals surface area contributed by atoms with Crippen molar-refractivity contribution in [3.8, 4) is 11.1 Å². The summed E-state index contributed by atoms with van der Waals surface area (Å²) in [4.78, 5) is 8.81. The fraction of sp³-hybridized carbons (Fsp3) is 0.0476. The van der Waals surface area contributed by atoms with Crippen LogP contribution in [0.2, 0.25) is 0 Å². The standard InChI is InChI=1S/C21H16FN3/c1-14-4-9-18-19(11-14)21(25-17-7-5-16(22)6-8-17)24-13-20(18)15-3-2-10-23-12-15/h2-13H,1H3,(H,24,25). The number of anilines is 2. The van der Waals surface area contributed by atoms with Crippen LogP contribution >= 0.6 is 0 Å². The van der Waals surface area contributed by atoms with Crippen LogP contribution in [0.4, 0.5) is 15.9 Å². The van der Waals surface area contributed by atoms with Crippen molar-refractivity contribution in [2.75, 3.05) is 5.32 Å². The largest absolute Gasteiger partial charge is 0.340 e. The molecule has 0 atom stereocenters. The van der Waals surface area contributed by atoms with Crippen LogP contribution in [0.25, 0.3) is 21.9 Å². The first-order valence-corrected chi connectivity index (χ1v) is 8.03. The zero-order chi connectivity index (χ0) is 17.2. The molecule has 0 aliphatic rings. The van der Waals surface area contributed by atoms with E-state index >= 15 is 0 Å². The number of nitrogens with zero attached hydrogens (tertiary/aromatic N) is 2. The maximum absolute atomic E-state index is 13.1. The minimum atomic E-state index is -0.258. The van der Waals surface area contributed by atoms with Gasteiger partial charge in [-0.3, -0.25) is 4.98 Å². The lowest BCUT2D eigenvalue weighted by Gasteiger charge is -2.13. The van der Waals surface area contributed by atoms with E-state index < -0.39 is 0 Å². The molecule has 2 aromatic carbocycles. The molecule has 0 aliphatic heterocycles. The van der Waals surface area contributed by atoms with Gasteiger partial charge in [-0.25, -0.2) is 9.37 Å². The fourth-order valence-electron chi connectivity index (χ4n) is 2.88. The predicted octanol–water partition coefficient (Wildman–Crippen LogP) is 5.49. The van der Waals surface area contributed by atoms with Gasteiger partial charge < -0.3 is 5.32 Å². The van der Waals surface area contributed by atoms with E-state index in [2.05, 4.69) is 40.4 Å². The number of benzene rings is 2. The minimum Gasteiger partial charge on any atom is -0.340 e. The monoisotopic (exact) mass is 329 g/mol. The van der Waals surface area contributed by atoms with E-state index in [9.17, 15) is 4.39 Å². The lowest BCUT2D eigenvalue weighted by atomic mass is 10.00. The molecule has 0 spiro atoms. The van der Waals surface area contributed by atoms with Gasteiger partial charge >= 0.3 is 0 Å². The van der Waals surface area contributed by atoms with Crippen molar-refractivity contribution in [1.29, 1.82) is 0 Å². The maximum Gasteiger partial charge on any atom is 0.138 e. The second kappa shape index (κ2) is 6.32. The zero-order valence-electron chi connectivity index (χ0n) is 13.7. The van der Waals surface area contributed by atoms with Crippen LogP contribution in [0.15, 0.2) is 73.2 Å². The number of aromatic nitrogens is 2. The molecule has 0 aliphatic carbocycles. The Bertz CT molecular complexity index is 1030. The Balaban J connectivity index is 1.86. The molecule has 25 heavy (non-hydrogen) atoms. The minimum absolute atomic E-state index is 0.258. The molecule has 2 aromatic heterocycles. The van der Waals surface area contributed by atoms with Crippen LogP contribution < -0.4 is 5.32 Å². The van der Waals surface area contributed by atoms with Crippen LogP contribution in [0.5, 0.6) is 0 Å². The Morgan fingerprint density at radius 1 is 0.920 bits per heavy atom. The third-order valence-electron chi connectivity index (χ3n) is 4.12. The van der Waals surface area contributed by atoms with Gasteiger partial charge in [0.15, 0.2) is 0 Å². The van der Waals surface area contributed by atoms with Gasteiger partial charge in [-0.05, 0) is 48.7 Å². The summed E-state index contributed by atoms with van der Waals surface area (Å²) in [5, 5.41) is 5.40. The van der Waals surface area contributed by atoms with E-state index in [1.807, 2.05) is 24.5 Å². The molecule has 1 N–H and O–H groups in total. The average molecular weight is 329 g/mol. The molecular weight excluding hydrogens is 313 g/mol. The van der Waals surface area contributed by atoms with Gasteiger partial charge in [-0.2, -0.15) is 0 Å². The first kappa shape index (κ1) is 15.3. The van der Waals surface area contributed by atoms with Crippen molar-refractivity contribution in [1.82, 2.24) is 9.97 Å². The summed E-state index contributed by atoms with van der Waals surface area (Å²) < 4.78 is 13.1. The molecule has 122 valence electrons. The number of aryl methyl sites for hydroxylation is 1. The quantitative estimate of drug-likeness (QED) is 0.540. The molecule has 0 fully saturated rings. The topological polar surface area (TPSA) is 37.8 Å². The summed E-state index contributed by atoms with van der Waals surface area (Å²) in [6.07, 6.45) is 5.44. The molecular formula is C21H16FN3. The fourth-order valence-corrected chi connectivity index (χ4v) is 2.88. The van der Waals surface area contributed by atoms with E-state index in [1.54, 1.807) is 18.3 Å². The number of hydrogen-bond acceptors (Lipinski definition) is 3. The summed E-state index contributed by atoms with van der Waals surface area (Å²) in [6.45, 7) is 2.05. The first-order chi connectivity index (χ1) is 12.2. The Hall–Kier alpha value is -3.27. The molecule has 0 saturated carbocycles. The summed E-state index contributed by atoms with van der Waals surface area (Å²) in [7, 11) is 0. The summed E-state index contributed by atoms with van der Waals surface area (Å²) in [5.74, 6) is 0.490. The number of fused-ring (bicyclic) bond motifs is 1. The summed E-state index contributed by atoms with van der Waals surface area (Å²) >= 11 is 0. The van der Waals surface area contributed by atoms with Crippen molar-refractivity contribution in [3.63, 3.8) is 0 Å². The van der Waals surface area contributed by atoms with Crippen molar-refractivity contribution >= 4 is 22.3 Å². The normalized spacial score (nSPS) is 10.8. The smallest absolute Gasteiger partial charge is 0.138 e. The number of pyridine rings is 2. The van der Waals surface area contributed by atoms with E-state index in [0.29, 0.717) is 0 Å². The van der Waals surface area contributed by atoms with Crippen molar-refractivity contribution < 1.29 is 4.39 Å². The second-order valence-corrected chi connectivity index (χ2v) is 5.94. The number of hydrogen-bond donors (Lipinski definition) is 1. The summed E-state index contributed by atoms with van der Waals surface area (Å²) in [6, 6.07) is 16.5. The highest BCUT2D eigenvalue weighted by molar-refractivity contribution is 6.02. The van der Waals surface area contributed by atoms with Crippen LogP contribution in [-0.2, 0) is 0 Å². The van der Waals surface area contributed by atoms with Crippen LogP contribution in [0.3, 0.4) is 0 Å². The Morgan fingerprint density at radius 3 is 2.52 bits per heavy atom. The molecule has 4 heteroatoms. The Kier molecular flexibility index (Phi) is 3.86. The van der Waals surface area contributed by atoms with E-state index in [1.165, 1.54) is 12.1 Å². The van der Waals surface area contributed by atoms with Gasteiger partial charge in [-0.1, -0.05) is 23.8 Å². The molecule has 0 saturated heterocycles. The van der Waals surface area contributed by atoms with E-state index in [-0.39, 0.29) is 5.82 Å². The molecule has 0 amide bonds. The molecule has 0 bridgehead atoms. The van der Waals surface area contributed by atoms with Crippen LogP contribution in [-0.4, -0.2) is 9.97 Å². The van der Waals surface area contributed by atoms with E-state index in [0.717, 1.165) is 39.0 Å². The molecule has 4 rings (SSSR count). The maximum atomic E-state index is 13.1. The number of halogens is 1. The third-order valence-corrected chi connectivity index (χ3v) is 4.12. The van der Waals surface area contributed by atoms with Gasteiger partial charge in [-0.15, -0.1) is 0 Å². The Labute approximate surface area is 145 Å². The van der Waals surface area contributed by atoms with Crippen molar-refractivity contribution in [2.45, 2.75) is 6.92 Å². The Morgan fingerprint density at radius 2 is 1.76 bits per heavy atom. The van der Waals surface area contributed by atoms with Crippen molar-refractivity contribution in [2.24, 2.45) is 0 Å². The highest BCUT2D eigenvalue weighted by Gasteiger charge is 2.10. The molecule has 4 aromatic rings. The van der Waals surface area contributed by atoms with Gasteiger partial charge in [0, 0.05) is 40.8 Å². The number of rotatable bonds is 3. The highest BCUT2D eigenvalue weighted by Crippen LogP contribution is 2.33. The van der Waals surface area contributed by atoms with Crippen LogP contribution in [0, 0.1) is 12.7 Å². The van der Waals surface area contributed by atoms with Gasteiger partial charge in [0.05, 0.1) is 0 Å². The molecule has 3 nitrogen and oxygen atoms in total. The third kappa shape index (κ3) is 3.06.